The molecule has 1 aliphatic heterocycles. The summed E-state index contributed by atoms with van der Waals surface area (Å²) in [5, 5.41) is 3.21. The molecule has 0 saturated heterocycles. The second kappa shape index (κ2) is 5.42. The Labute approximate surface area is 108 Å². The van der Waals surface area contributed by atoms with Crippen LogP contribution in [0.4, 0.5) is 5.69 Å². The summed E-state index contributed by atoms with van der Waals surface area (Å²) in [4.78, 5) is 0.328. The van der Waals surface area contributed by atoms with Crippen LogP contribution in [-0.4, -0.2) is 21.5 Å². The SMILES string of the molecule is CC#CCCNS(=O)(=O)c1ccc2c(c1)CCN2. The van der Waals surface area contributed by atoms with Crippen LogP contribution in [0, 0.1) is 11.8 Å². The lowest BCUT2D eigenvalue weighted by Gasteiger charge is -2.07. The molecule has 1 aliphatic rings. The van der Waals surface area contributed by atoms with E-state index in [1.807, 2.05) is 6.07 Å². The van der Waals surface area contributed by atoms with Crippen molar-refractivity contribution in [2.24, 2.45) is 0 Å². The molecule has 18 heavy (non-hydrogen) atoms. The maximum absolute atomic E-state index is 12.0. The van der Waals surface area contributed by atoms with E-state index < -0.39 is 10.0 Å². The van der Waals surface area contributed by atoms with E-state index in [9.17, 15) is 8.42 Å². The van der Waals surface area contributed by atoms with Crippen LogP contribution < -0.4 is 10.0 Å². The Kier molecular flexibility index (Phi) is 3.90. The van der Waals surface area contributed by atoms with E-state index in [4.69, 9.17) is 0 Å². The summed E-state index contributed by atoms with van der Waals surface area (Å²) in [7, 11) is -3.41. The second-order valence-electron chi connectivity index (χ2n) is 4.07. The summed E-state index contributed by atoms with van der Waals surface area (Å²) in [6, 6.07) is 5.19. The molecule has 1 heterocycles. The quantitative estimate of drug-likeness (QED) is 0.637. The predicted octanol–water partition coefficient (Wildman–Crippen LogP) is 1.35. The van der Waals surface area contributed by atoms with Gasteiger partial charge < -0.3 is 5.32 Å². The number of hydrogen-bond acceptors (Lipinski definition) is 3. The summed E-state index contributed by atoms with van der Waals surface area (Å²) in [6.07, 6.45) is 1.40. The Morgan fingerprint density at radius 2 is 2.28 bits per heavy atom. The van der Waals surface area contributed by atoms with Gasteiger partial charge in [0.15, 0.2) is 0 Å². The van der Waals surface area contributed by atoms with Gasteiger partial charge in [-0.1, -0.05) is 0 Å². The van der Waals surface area contributed by atoms with Crippen LogP contribution in [0.3, 0.4) is 0 Å². The molecule has 0 amide bonds. The molecule has 1 aromatic rings. The Morgan fingerprint density at radius 3 is 3.06 bits per heavy atom. The Bertz CT molecular complexity index is 597. The van der Waals surface area contributed by atoms with E-state index >= 15 is 0 Å². The standard InChI is InChI=1S/C13H16N2O2S/c1-2-3-4-8-15-18(16,17)12-5-6-13-11(10-12)7-9-14-13/h5-6,10,14-15H,4,7-9H2,1H3. The molecule has 0 unspecified atom stereocenters. The summed E-state index contributed by atoms with van der Waals surface area (Å²) >= 11 is 0. The molecule has 0 radical (unpaired) electrons. The molecule has 5 heteroatoms. The number of anilines is 1. The van der Waals surface area contributed by atoms with Gasteiger partial charge in [0, 0.05) is 25.2 Å². The van der Waals surface area contributed by atoms with Crippen molar-refractivity contribution >= 4 is 15.7 Å². The Hall–Kier alpha value is -1.51. The predicted molar refractivity (Wildman–Crippen MR) is 71.9 cm³/mol. The Balaban J connectivity index is 2.11. The van der Waals surface area contributed by atoms with Gasteiger partial charge in [0.05, 0.1) is 4.90 Å². The number of sulfonamides is 1. The summed E-state index contributed by atoms with van der Waals surface area (Å²) in [6.45, 7) is 2.96. The third-order valence-electron chi connectivity index (χ3n) is 2.82. The molecule has 0 saturated carbocycles. The third kappa shape index (κ3) is 2.84. The lowest BCUT2D eigenvalue weighted by atomic mass is 10.2. The molecule has 1 aromatic carbocycles. The number of nitrogens with one attached hydrogen (secondary N) is 2. The van der Waals surface area contributed by atoms with Crippen molar-refractivity contribution in [3.63, 3.8) is 0 Å². The highest BCUT2D eigenvalue weighted by molar-refractivity contribution is 7.89. The van der Waals surface area contributed by atoms with Gasteiger partial charge >= 0.3 is 0 Å². The molecule has 0 aliphatic carbocycles. The molecule has 4 nitrogen and oxygen atoms in total. The molecule has 96 valence electrons. The average molecular weight is 264 g/mol. The number of fused-ring (bicyclic) bond motifs is 1. The van der Waals surface area contributed by atoms with Gasteiger partial charge in [-0.25, -0.2) is 13.1 Å². The van der Waals surface area contributed by atoms with Gasteiger partial charge in [-0.15, -0.1) is 11.8 Å². The minimum absolute atomic E-state index is 0.328. The fourth-order valence-electron chi connectivity index (χ4n) is 1.90. The molecule has 2 rings (SSSR count). The maximum atomic E-state index is 12.0. The molecule has 2 N–H and O–H groups in total. The monoisotopic (exact) mass is 264 g/mol. The second-order valence-corrected chi connectivity index (χ2v) is 5.84. The minimum atomic E-state index is -3.41. The molecule has 0 fully saturated rings. The van der Waals surface area contributed by atoms with E-state index in [-0.39, 0.29) is 0 Å². The fraction of sp³-hybridized carbons (Fsp3) is 0.385. The van der Waals surface area contributed by atoms with Gasteiger partial charge in [0.1, 0.15) is 0 Å². The molecular weight excluding hydrogens is 248 g/mol. The fourth-order valence-corrected chi connectivity index (χ4v) is 2.99. The van der Waals surface area contributed by atoms with E-state index in [0.29, 0.717) is 17.9 Å². The van der Waals surface area contributed by atoms with E-state index in [2.05, 4.69) is 21.9 Å². The van der Waals surface area contributed by atoms with Crippen LogP contribution in [-0.2, 0) is 16.4 Å². The zero-order valence-electron chi connectivity index (χ0n) is 10.3. The average Bonchev–Trinajstić information content (AvgIpc) is 2.82. The molecule has 0 aromatic heterocycles. The zero-order chi connectivity index (χ0) is 13.0. The van der Waals surface area contributed by atoms with Gasteiger partial charge in [0.25, 0.3) is 0 Å². The van der Waals surface area contributed by atoms with E-state index in [1.54, 1.807) is 19.1 Å². The zero-order valence-corrected chi connectivity index (χ0v) is 11.1. The van der Waals surface area contributed by atoms with Crippen molar-refractivity contribution in [1.29, 1.82) is 0 Å². The lowest BCUT2D eigenvalue weighted by molar-refractivity contribution is 0.582. The van der Waals surface area contributed by atoms with Gasteiger partial charge in [-0.3, -0.25) is 0 Å². The van der Waals surface area contributed by atoms with Crippen molar-refractivity contribution in [2.75, 3.05) is 18.4 Å². The van der Waals surface area contributed by atoms with E-state index in [1.165, 1.54) is 0 Å². The first-order valence-electron chi connectivity index (χ1n) is 5.89. The number of benzene rings is 1. The largest absolute Gasteiger partial charge is 0.384 e. The van der Waals surface area contributed by atoms with Crippen LogP contribution in [0.5, 0.6) is 0 Å². The molecule has 0 bridgehead atoms. The first kappa shape index (κ1) is 12.9. The highest BCUT2D eigenvalue weighted by Gasteiger charge is 2.17. The Morgan fingerprint density at radius 1 is 1.44 bits per heavy atom. The molecular formula is C13H16N2O2S. The van der Waals surface area contributed by atoms with Crippen molar-refractivity contribution < 1.29 is 8.42 Å². The molecule has 0 spiro atoms. The summed E-state index contributed by atoms with van der Waals surface area (Å²) in [5.41, 5.74) is 2.09. The summed E-state index contributed by atoms with van der Waals surface area (Å²) < 4.78 is 26.6. The smallest absolute Gasteiger partial charge is 0.240 e. The number of hydrogen-bond donors (Lipinski definition) is 2. The van der Waals surface area contributed by atoms with Crippen LogP contribution in [0.2, 0.25) is 0 Å². The first-order chi connectivity index (χ1) is 8.63. The van der Waals surface area contributed by atoms with Crippen molar-refractivity contribution in [3.8, 4) is 11.8 Å². The van der Waals surface area contributed by atoms with Gasteiger partial charge in [-0.2, -0.15) is 0 Å². The van der Waals surface area contributed by atoms with Crippen LogP contribution in [0.25, 0.3) is 0 Å². The van der Waals surface area contributed by atoms with Crippen LogP contribution >= 0.6 is 0 Å². The van der Waals surface area contributed by atoms with Gasteiger partial charge in [0.2, 0.25) is 10.0 Å². The highest BCUT2D eigenvalue weighted by atomic mass is 32.2. The van der Waals surface area contributed by atoms with Gasteiger partial charge in [-0.05, 0) is 37.1 Å². The topological polar surface area (TPSA) is 58.2 Å². The maximum Gasteiger partial charge on any atom is 0.240 e. The third-order valence-corrected chi connectivity index (χ3v) is 4.27. The lowest BCUT2D eigenvalue weighted by Crippen LogP contribution is -2.24. The van der Waals surface area contributed by atoms with E-state index in [0.717, 1.165) is 24.2 Å². The van der Waals surface area contributed by atoms with Crippen molar-refractivity contribution in [3.05, 3.63) is 23.8 Å². The molecule has 0 atom stereocenters. The number of rotatable bonds is 4. The van der Waals surface area contributed by atoms with Crippen molar-refractivity contribution in [2.45, 2.75) is 24.7 Å². The van der Waals surface area contributed by atoms with Crippen LogP contribution in [0.1, 0.15) is 18.9 Å². The van der Waals surface area contributed by atoms with Crippen molar-refractivity contribution in [1.82, 2.24) is 4.72 Å². The highest BCUT2D eigenvalue weighted by Crippen LogP contribution is 2.24. The normalized spacial score (nSPS) is 13.4. The summed E-state index contributed by atoms with van der Waals surface area (Å²) in [5.74, 6) is 5.56. The first-order valence-corrected chi connectivity index (χ1v) is 7.38. The minimum Gasteiger partial charge on any atom is -0.384 e. The van der Waals surface area contributed by atoms with Crippen LogP contribution in [0.15, 0.2) is 23.1 Å².